The number of esters is 1. The van der Waals surface area contributed by atoms with E-state index in [9.17, 15) is 14.3 Å². The van der Waals surface area contributed by atoms with Crippen molar-refractivity contribution >= 4 is 46.7 Å². The van der Waals surface area contributed by atoms with E-state index in [1.807, 2.05) is 23.1 Å². The number of halogens is 1. The lowest BCUT2D eigenvalue weighted by Crippen LogP contribution is -2.50. The highest BCUT2D eigenvalue weighted by atomic mass is 32.1. The Balaban J connectivity index is 1.64. The second kappa shape index (κ2) is 11.8. The van der Waals surface area contributed by atoms with E-state index < -0.39 is 17.8 Å². The lowest BCUT2D eigenvalue weighted by atomic mass is 9.83. The van der Waals surface area contributed by atoms with Crippen molar-refractivity contribution < 1.29 is 28.5 Å². The summed E-state index contributed by atoms with van der Waals surface area (Å²) in [6.45, 7) is 3.50. The van der Waals surface area contributed by atoms with Crippen LogP contribution in [0.3, 0.4) is 0 Å². The van der Waals surface area contributed by atoms with Gasteiger partial charge in [0, 0.05) is 18.8 Å². The van der Waals surface area contributed by atoms with Crippen LogP contribution >= 0.6 is 11.3 Å². The number of nitrogens with zero attached hydrogens (tertiary/aromatic N) is 3. The molecule has 1 aromatic heterocycles. The number of methoxy groups -OCH3 is 1. The largest absolute Gasteiger partial charge is 0.497 e. The summed E-state index contributed by atoms with van der Waals surface area (Å²) in [6, 6.07) is 8.52. The van der Waals surface area contributed by atoms with Crippen molar-refractivity contribution in [3.8, 4) is 5.75 Å². The number of amidine groups is 1. The number of nitrogens with one attached hydrogen (secondary N) is 1. The van der Waals surface area contributed by atoms with Crippen molar-refractivity contribution in [3.63, 3.8) is 0 Å². The number of aliphatic hydroxyl groups excluding tert-OH is 1. The molecule has 5 rings (SSSR count). The minimum atomic E-state index is -0.869. The summed E-state index contributed by atoms with van der Waals surface area (Å²) in [5.74, 6) is 0.108. The summed E-state index contributed by atoms with van der Waals surface area (Å²) < 4.78 is 31.2. The number of ether oxygens (including phenoxy) is 3. The first-order valence-electron chi connectivity index (χ1n) is 12.6. The van der Waals surface area contributed by atoms with Gasteiger partial charge in [-0.15, -0.1) is 11.3 Å². The van der Waals surface area contributed by atoms with Crippen molar-refractivity contribution in [3.05, 3.63) is 64.1 Å². The van der Waals surface area contributed by atoms with E-state index in [4.69, 9.17) is 32.0 Å². The molecular weight excluding hydrogens is 522 g/mol. The van der Waals surface area contributed by atoms with Gasteiger partial charge in [0.05, 0.1) is 55.4 Å². The highest BCUT2D eigenvalue weighted by molar-refractivity contribution is 7.20. The minimum Gasteiger partial charge on any atom is -0.497 e. The number of carbonyl (C=O) groups is 1. The summed E-state index contributed by atoms with van der Waals surface area (Å²) >= 11 is 1.42. The van der Waals surface area contributed by atoms with Crippen LogP contribution in [0.2, 0.25) is 0 Å². The van der Waals surface area contributed by atoms with E-state index in [1.165, 1.54) is 29.5 Å². The fraction of sp³-hybridized carbons (Fsp3) is 0.370. The number of hydrogen-bond donors (Lipinski definition) is 2. The molecule has 202 valence electrons. The predicted molar refractivity (Wildman–Crippen MR) is 147 cm³/mol. The highest BCUT2D eigenvalue weighted by Crippen LogP contribution is 2.34. The van der Waals surface area contributed by atoms with Gasteiger partial charge in [0.25, 0.3) is 0 Å². The Bertz CT molecular complexity index is 1440. The number of rotatable bonds is 8. The van der Waals surface area contributed by atoms with Gasteiger partial charge in [0.2, 0.25) is 0 Å². The van der Waals surface area contributed by atoms with E-state index in [-0.39, 0.29) is 36.8 Å². The second-order valence-corrected chi connectivity index (χ2v) is 10.2. The average Bonchev–Trinajstić information content (AvgIpc) is 3.36. The summed E-state index contributed by atoms with van der Waals surface area (Å²) in [6.07, 6.45) is 0. The van der Waals surface area contributed by atoms with E-state index >= 15 is 0 Å². The first-order valence-corrected chi connectivity index (χ1v) is 13.4. The number of thiazole rings is 1. The molecule has 0 aliphatic carbocycles. The number of aliphatic hydroxyl groups is 1. The Labute approximate surface area is 230 Å². The quantitative estimate of drug-likeness (QED) is 0.324. The van der Waals surface area contributed by atoms with Crippen molar-refractivity contribution in [2.75, 3.05) is 46.6 Å². The second-order valence-electron chi connectivity index (χ2n) is 9.13. The van der Waals surface area contributed by atoms with Crippen LogP contribution in [0.25, 0.3) is 10.2 Å². The monoisotopic (exact) mass is 550 g/mol. The predicted octanol–water partition coefficient (Wildman–Crippen LogP) is 1.84. The molecule has 2 unspecified atom stereocenters. The van der Waals surface area contributed by atoms with Crippen LogP contribution in [0.5, 0.6) is 5.75 Å². The molecule has 2 N–H and O–H groups in total. The third-order valence-electron chi connectivity index (χ3n) is 6.68. The van der Waals surface area contributed by atoms with Crippen LogP contribution in [-0.4, -0.2) is 87.3 Å². The first kappa shape index (κ1) is 27.3. The summed E-state index contributed by atoms with van der Waals surface area (Å²) in [4.78, 5) is 25.1. The smallest absolute Gasteiger partial charge is 0.338 e. The molecule has 2 aliphatic heterocycles. The Morgan fingerprint density at radius 3 is 2.92 bits per heavy atom. The van der Waals surface area contributed by atoms with Crippen LogP contribution in [0.1, 0.15) is 23.5 Å². The van der Waals surface area contributed by atoms with E-state index in [0.717, 1.165) is 10.2 Å². The van der Waals surface area contributed by atoms with Crippen LogP contribution in [0, 0.1) is 5.82 Å². The number of aliphatic imine (C=N–C) groups is 1. The van der Waals surface area contributed by atoms with Crippen LogP contribution < -0.4 is 15.5 Å². The molecule has 0 spiro atoms. The molecule has 1 fully saturated rings. The molecule has 12 heteroatoms. The molecule has 2 aromatic carbocycles. The van der Waals surface area contributed by atoms with Gasteiger partial charge < -0.3 is 24.6 Å². The van der Waals surface area contributed by atoms with Gasteiger partial charge in [-0.3, -0.25) is 9.89 Å². The zero-order valence-electron chi connectivity index (χ0n) is 21.6. The SMILES string of the molecule is [B]c1cc(F)ccc1C1N=C(c2nc3ccc(OC)cc3s2)NC(CN2CCOCC2CO)=C1C(=O)OCC. The third-order valence-corrected chi connectivity index (χ3v) is 7.71. The molecular formula is C27H28BFN4O5S. The Kier molecular flexibility index (Phi) is 8.27. The first-order chi connectivity index (χ1) is 18.9. The van der Waals surface area contributed by atoms with Gasteiger partial charge >= 0.3 is 5.97 Å². The maximum atomic E-state index is 14.0. The van der Waals surface area contributed by atoms with Crippen molar-refractivity contribution in [1.82, 2.24) is 15.2 Å². The molecule has 39 heavy (non-hydrogen) atoms. The van der Waals surface area contributed by atoms with E-state index in [1.54, 1.807) is 14.0 Å². The Hall–Kier alpha value is -3.32. The number of aromatic nitrogens is 1. The molecule has 2 atom stereocenters. The molecule has 3 aromatic rings. The van der Waals surface area contributed by atoms with Crippen molar-refractivity contribution in [2.24, 2.45) is 4.99 Å². The zero-order valence-corrected chi connectivity index (χ0v) is 22.5. The number of hydrogen-bond acceptors (Lipinski definition) is 10. The minimum absolute atomic E-state index is 0.100. The fourth-order valence-corrected chi connectivity index (χ4v) is 5.65. The fourth-order valence-electron chi connectivity index (χ4n) is 4.70. The maximum Gasteiger partial charge on any atom is 0.338 e. The Morgan fingerprint density at radius 2 is 2.18 bits per heavy atom. The van der Waals surface area contributed by atoms with Crippen molar-refractivity contribution in [1.29, 1.82) is 0 Å². The molecule has 2 aliphatic rings. The van der Waals surface area contributed by atoms with Gasteiger partial charge in [0.15, 0.2) is 10.8 Å². The van der Waals surface area contributed by atoms with E-state index in [2.05, 4.69) is 5.32 Å². The van der Waals surface area contributed by atoms with Gasteiger partial charge in [-0.25, -0.2) is 14.2 Å². The van der Waals surface area contributed by atoms with Gasteiger partial charge in [-0.1, -0.05) is 11.5 Å². The molecule has 1 saturated heterocycles. The summed E-state index contributed by atoms with van der Waals surface area (Å²) in [5.41, 5.74) is 2.22. The lowest BCUT2D eigenvalue weighted by Gasteiger charge is -2.37. The van der Waals surface area contributed by atoms with Gasteiger partial charge in [0.1, 0.15) is 25.5 Å². The standard InChI is InChI=1S/C27H28BFN4O5S/c1-3-38-27(35)23-21(12-33-8-9-37-14-16(33)13-34)30-25(32-24(23)18-6-4-15(29)10-19(18)28)26-31-20-7-5-17(36-2)11-22(20)39-26/h4-7,10-11,16,24,34H,3,8-9,12-14H2,1-2H3,(H,30,32). The van der Waals surface area contributed by atoms with Gasteiger partial charge in [-0.2, -0.15) is 0 Å². The normalized spacial score (nSPS) is 20.1. The molecule has 2 radical (unpaired) electrons. The Morgan fingerprint density at radius 1 is 1.33 bits per heavy atom. The topological polar surface area (TPSA) is 106 Å². The third kappa shape index (κ3) is 5.69. The van der Waals surface area contributed by atoms with E-state index in [0.29, 0.717) is 47.6 Å². The molecule has 3 heterocycles. The van der Waals surface area contributed by atoms with Gasteiger partial charge in [-0.05, 0) is 42.8 Å². The molecule has 0 amide bonds. The molecule has 0 bridgehead atoms. The number of carbonyl (C=O) groups excluding carboxylic acids is 1. The average molecular weight is 550 g/mol. The number of morpholine rings is 1. The summed E-state index contributed by atoms with van der Waals surface area (Å²) in [5, 5.41) is 13.9. The number of benzene rings is 2. The highest BCUT2D eigenvalue weighted by Gasteiger charge is 2.35. The van der Waals surface area contributed by atoms with Crippen LogP contribution in [0.4, 0.5) is 4.39 Å². The maximum absolute atomic E-state index is 14.0. The lowest BCUT2D eigenvalue weighted by molar-refractivity contribution is -0.139. The van der Waals surface area contributed by atoms with Crippen LogP contribution in [0.15, 0.2) is 52.7 Å². The van der Waals surface area contributed by atoms with Crippen molar-refractivity contribution in [2.45, 2.75) is 19.0 Å². The van der Waals surface area contributed by atoms with Crippen LogP contribution in [-0.2, 0) is 14.3 Å². The molecule has 0 saturated carbocycles. The zero-order chi connectivity index (χ0) is 27.5. The summed E-state index contributed by atoms with van der Waals surface area (Å²) in [7, 11) is 7.85. The number of fused-ring (bicyclic) bond motifs is 1. The molecule has 9 nitrogen and oxygen atoms in total.